The molecule has 0 atom stereocenters. The number of aromatic nitrogens is 3. The van der Waals surface area contributed by atoms with Gasteiger partial charge < -0.3 is 0 Å². The molecule has 67 heavy (non-hydrogen) atoms. The van der Waals surface area contributed by atoms with E-state index in [9.17, 15) is 0 Å². The van der Waals surface area contributed by atoms with Crippen molar-refractivity contribution in [2.45, 2.75) is 0 Å². The standard InChI is InChI=1S/C64H39N3/c1-2-19-45-44(18-1)46-20-3-4-22-48(46)53-34-32-42(37-58(53)51-25-7-5-21-47(45)51)40-16-15-17-41(36-40)43-33-35-54-59(38-43)52-26-8-6-23-49(52)50-24-9-10-29-57(50)63-60(54)39-65-64(66-63)67-61-30-13-11-27-55(61)56-28-12-14-31-62(56)67/h1-39H. The molecule has 0 amide bonds. The van der Waals surface area contributed by atoms with Crippen molar-refractivity contribution in [2.24, 2.45) is 0 Å². The van der Waals surface area contributed by atoms with Crippen molar-refractivity contribution in [2.75, 3.05) is 0 Å². The first-order valence-electron chi connectivity index (χ1n) is 23.0. The SMILES string of the molecule is c1cc(-c2ccc3c(c2)-c2ccccc2-c2ccccc2-c2ccccc2-3)cc(-c2ccc3c(c2)-c2ccccc2-c2ccccc2-c2nc(-n4c5ccccc5c5ccccc54)ncc2-3)c1. The molecule has 3 nitrogen and oxygen atoms in total. The topological polar surface area (TPSA) is 30.7 Å². The molecule has 310 valence electrons. The van der Waals surface area contributed by atoms with Gasteiger partial charge in [0.25, 0.3) is 0 Å². The summed E-state index contributed by atoms with van der Waals surface area (Å²) in [7, 11) is 0. The Balaban J connectivity index is 0.926. The Morgan fingerprint density at radius 3 is 1.06 bits per heavy atom. The van der Waals surface area contributed by atoms with E-state index in [1.54, 1.807) is 0 Å². The fraction of sp³-hybridized carbons (Fsp3) is 0. The molecule has 0 N–H and O–H groups in total. The van der Waals surface area contributed by atoms with Gasteiger partial charge in [-0.3, -0.25) is 4.57 Å². The molecule has 0 fully saturated rings. The third-order valence-electron chi connectivity index (χ3n) is 14.0. The van der Waals surface area contributed by atoms with Crippen LogP contribution in [0.2, 0.25) is 0 Å². The second kappa shape index (κ2) is 14.8. The summed E-state index contributed by atoms with van der Waals surface area (Å²) < 4.78 is 2.21. The largest absolute Gasteiger partial charge is 0.278 e. The molecule has 12 aromatic rings. The van der Waals surface area contributed by atoms with E-state index in [-0.39, 0.29) is 0 Å². The number of benzene rings is 10. The molecule has 0 unspecified atom stereocenters. The molecule has 2 heterocycles. The molecule has 14 rings (SSSR count). The molecule has 3 heteroatoms. The quantitative estimate of drug-likeness (QED) is 0.177. The van der Waals surface area contributed by atoms with Crippen LogP contribution >= 0.6 is 0 Å². The summed E-state index contributed by atoms with van der Waals surface area (Å²) in [5.74, 6) is 0.653. The lowest BCUT2D eigenvalue weighted by atomic mass is 9.80. The fourth-order valence-electron chi connectivity index (χ4n) is 11.0. The van der Waals surface area contributed by atoms with E-state index in [4.69, 9.17) is 9.97 Å². The molecule has 10 aromatic carbocycles. The third-order valence-corrected chi connectivity index (χ3v) is 14.0. The highest BCUT2D eigenvalue weighted by Gasteiger charge is 2.26. The highest BCUT2D eigenvalue weighted by Crippen LogP contribution is 2.50. The van der Waals surface area contributed by atoms with Crippen LogP contribution in [0.15, 0.2) is 237 Å². The first-order chi connectivity index (χ1) is 33.2. The maximum absolute atomic E-state index is 5.53. The minimum Gasteiger partial charge on any atom is -0.278 e. The van der Waals surface area contributed by atoms with Crippen LogP contribution in [-0.2, 0) is 0 Å². The number of para-hydroxylation sites is 2. The molecule has 2 aliphatic rings. The van der Waals surface area contributed by atoms with Gasteiger partial charge in [-0.05, 0) is 125 Å². The maximum atomic E-state index is 5.53. The predicted octanol–water partition coefficient (Wildman–Crippen LogP) is 16.9. The van der Waals surface area contributed by atoms with E-state index in [2.05, 4.69) is 235 Å². The fourth-order valence-corrected chi connectivity index (χ4v) is 11.0. The summed E-state index contributed by atoms with van der Waals surface area (Å²) in [6.07, 6.45) is 2.04. The van der Waals surface area contributed by atoms with E-state index < -0.39 is 0 Å². The molecule has 0 bridgehead atoms. The number of hydrogen-bond acceptors (Lipinski definition) is 2. The monoisotopic (exact) mass is 849 g/mol. The van der Waals surface area contributed by atoms with Gasteiger partial charge >= 0.3 is 0 Å². The minimum absolute atomic E-state index is 0.653. The van der Waals surface area contributed by atoms with Gasteiger partial charge in [0.15, 0.2) is 0 Å². The van der Waals surface area contributed by atoms with Gasteiger partial charge in [0.2, 0.25) is 5.95 Å². The van der Waals surface area contributed by atoms with Crippen molar-refractivity contribution in [3.63, 3.8) is 0 Å². The van der Waals surface area contributed by atoms with Gasteiger partial charge in [-0.2, -0.15) is 0 Å². The molecular formula is C64H39N3. The van der Waals surface area contributed by atoms with Crippen LogP contribution in [0.4, 0.5) is 0 Å². The Kier molecular flexibility index (Phi) is 8.28. The molecular weight excluding hydrogens is 811 g/mol. The van der Waals surface area contributed by atoms with Crippen LogP contribution in [0.1, 0.15) is 0 Å². The van der Waals surface area contributed by atoms with E-state index in [1.807, 2.05) is 6.20 Å². The van der Waals surface area contributed by atoms with Gasteiger partial charge in [0.1, 0.15) is 0 Å². The first kappa shape index (κ1) is 37.5. The Morgan fingerprint density at radius 2 is 0.597 bits per heavy atom. The van der Waals surface area contributed by atoms with Crippen LogP contribution in [0.5, 0.6) is 0 Å². The van der Waals surface area contributed by atoms with Crippen LogP contribution < -0.4 is 0 Å². The van der Waals surface area contributed by atoms with Crippen molar-refractivity contribution in [1.29, 1.82) is 0 Å². The molecule has 2 aliphatic carbocycles. The average molecular weight is 850 g/mol. The predicted molar refractivity (Wildman–Crippen MR) is 278 cm³/mol. The summed E-state index contributed by atoms with van der Waals surface area (Å²) >= 11 is 0. The van der Waals surface area contributed by atoms with E-state index in [0.717, 1.165) is 55.7 Å². The van der Waals surface area contributed by atoms with Crippen molar-refractivity contribution >= 4 is 21.8 Å². The highest BCUT2D eigenvalue weighted by atomic mass is 15.2. The van der Waals surface area contributed by atoms with Crippen molar-refractivity contribution in [3.05, 3.63) is 237 Å². The number of hydrogen-bond donors (Lipinski definition) is 0. The van der Waals surface area contributed by atoms with E-state index >= 15 is 0 Å². The second-order valence-electron chi connectivity index (χ2n) is 17.6. The number of nitrogens with zero attached hydrogens (tertiary/aromatic N) is 3. The van der Waals surface area contributed by atoms with Crippen LogP contribution in [-0.4, -0.2) is 14.5 Å². The lowest BCUT2D eigenvalue weighted by molar-refractivity contribution is 0.993. The zero-order chi connectivity index (χ0) is 44.0. The lowest BCUT2D eigenvalue weighted by Gasteiger charge is -2.24. The van der Waals surface area contributed by atoms with Crippen molar-refractivity contribution in [1.82, 2.24) is 14.5 Å². The number of rotatable bonds is 3. The molecule has 0 saturated heterocycles. The summed E-state index contributed by atoms with van der Waals surface area (Å²) in [4.78, 5) is 10.7. The van der Waals surface area contributed by atoms with Crippen LogP contribution in [0, 0.1) is 0 Å². The van der Waals surface area contributed by atoms with Crippen molar-refractivity contribution < 1.29 is 0 Å². The number of fused-ring (bicyclic) bond motifs is 19. The van der Waals surface area contributed by atoms with Gasteiger partial charge in [0.05, 0.1) is 16.7 Å². The molecule has 2 aromatic heterocycles. The summed E-state index contributed by atoms with van der Waals surface area (Å²) in [6.45, 7) is 0. The molecule has 0 aliphatic heterocycles. The average Bonchev–Trinajstić information content (AvgIpc) is 3.74. The lowest BCUT2D eigenvalue weighted by Crippen LogP contribution is -2.05. The molecule has 0 radical (unpaired) electrons. The van der Waals surface area contributed by atoms with Crippen molar-refractivity contribution in [3.8, 4) is 117 Å². The second-order valence-corrected chi connectivity index (χ2v) is 17.6. The first-order valence-corrected chi connectivity index (χ1v) is 23.0. The summed E-state index contributed by atoms with van der Waals surface area (Å²) in [6, 6.07) is 84.1. The van der Waals surface area contributed by atoms with E-state index in [0.29, 0.717) is 5.95 Å². The van der Waals surface area contributed by atoms with E-state index in [1.165, 1.54) is 77.5 Å². The Hall–Kier alpha value is -8.92. The molecule has 0 spiro atoms. The Bertz CT molecular complexity index is 3940. The highest BCUT2D eigenvalue weighted by molar-refractivity contribution is 6.10. The van der Waals surface area contributed by atoms with Gasteiger partial charge in [-0.25, -0.2) is 9.97 Å². The Morgan fingerprint density at radius 1 is 0.254 bits per heavy atom. The molecule has 0 saturated carbocycles. The van der Waals surface area contributed by atoms with Crippen LogP contribution in [0.3, 0.4) is 0 Å². The normalized spacial score (nSPS) is 11.9. The van der Waals surface area contributed by atoms with Gasteiger partial charge in [-0.1, -0.05) is 200 Å². The van der Waals surface area contributed by atoms with Gasteiger partial charge in [0, 0.05) is 28.1 Å². The Labute approximate surface area is 388 Å². The summed E-state index contributed by atoms with van der Waals surface area (Å²) in [5, 5.41) is 2.37. The third kappa shape index (κ3) is 5.78. The van der Waals surface area contributed by atoms with Gasteiger partial charge in [-0.15, -0.1) is 0 Å². The smallest absolute Gasteiger partial charge is 0.235 e. The minimum atomic E-state index is 0.653. The zero-order valence-corrected chi connectivity index (χ0v) is 36.4. The van der Waals surface area contributed by atoms with Crippen LogP contribution in [0.25, 0.3) is 139 Å². The summed E-state index contributed by atoms with van der Waals surface area (Å²) in [5.41, 5.74) is 25.6. The zero-order valence-electron chi connectivity index (χ0n) is 36.4. The maximum Gasteiger partial charge on any atom is 0.235 e.